The maximum Gasteiger partial charge on any atom is 0.0136 e. The molecule has 6 N–H and O–H groups in total. The van der Waals surface area contributed by atoms with Crippen molar-refractivity contribution >= 4 is 0 Å². The molecule has 0 spiro atoms. The number of nitrogens with two attached hydrogens (primary N) is 2. The van der Waals surface area contributed by atoms with Crippen molar-refractivity contribution in [3.63, 3.8) is 0 Å². The van der Waals surface area contributed by atoms with Gasteiger partial charge in [-0.2, -0.15) is 0 Å². The molecule has 92 valence electrons. The SMILES string of the molecule is CC(N)CNCCN(C)CCNCCN. The Morgan fingerprint density at radius 1 is 1.13 bits per heavy atom. The molecule has 1 unspecified atom stereocenters. The summed E-state index contributed by atoms with van der Waals surface area (Å²) in [5.74, 6) is 0. The van der Waals surface area contributed by atoms with E-state index in [-0.39, 0.29) is 6.04 Å². The van der Waals surface area contributed by atoms with E-state index in [4.69, 9.17) is 11.5 Å². The number of rotatable bonds is 10. The summed E-state index contributed by atoms with van der Waals surface area (Å²) < 4.78 is 0. The summed E-state index contributed by atoms with van der Waals surface area (Å²) >= 11 is 0. The van der Waals surface area contributed by atoms with Gasteiger partial charge in [0.1, 0.15) is 0 Å². The first kappa shape index (κ1) is 14.8. The molecule has 0 saturated heterocycles. The first-order chi connectivity index (χ1) is 7.16. The lowest BCUT2D eigenvalue weighted by molar-refractivity contribution is 0.329. The lowest BCUT2D eigenvalue weighted by atomic mass is 10.3. The number of nitrogens with one attached hydrogen (secondary N) is 2. The summed E-state index contributed by atoms with van der Waals surface area (Å²) in [6.07, 6.45) is 0. The van der Waals surface area contributed by atoms with E-state index in [1.165, 1.54) is 0 Å². The van der Waals surface area contributed by atoms with Crippen molar-refractivity contribution in [2.24, 2.45) is 11.5 Å². The van der Waals surface area contributed by atoms with Gasteiger partial charge in [0, 0.05) is 51.9 Å². The second-order valence-corrected chi connectivity index (χ2v) is 4.02. The van der Waals surface area contributed by atoms with Crippen LogP contribution in [0.1, 0.15) is 6.92 Å². The molecule has 1 atom stereocenters. The van der Waals surface area contributed by atoms with E-state index in [2.05, 4.69) is 22.6 Å². The van der Waals surface area contributed by atoms with E-state index in [1.807, 2.05) is 6.92 Å². The molecule has 0 amide bonds. The van der Waals surface area contributed by atoms with Crippen molar-refractivity contribution in [1.82, 2.24) is 15.5 Å². The van der Waals surface area contributed by atoms with Gasteiger partial charge in [0.15, 0.2) is 0 Å². The fourth-order valence-corrected chi connectivity index (χ4v) is 1.21. The van der Waals surface area contributed by atoms with Crippen molar-refractivity contribution in [2.75, 3.05) is 52.9 Å². The quantitative estimate of drug-likeness (QED) is 0.332. The minimum Gasteiger partial charge on any atom is -0.329 e. The monoisotopic (exact) mass is 217 g/mol. The molecular formula is C10H27N5. The van der Waals surface area contributed by atoms with Gasteiger partial charge in [-0.3, -0.25) is 0 Å². The van der Waals surface area contributed by atoms with Crippen LogP contribution in [0.25, 0.3) is 0 Å². The van der Waals surface area contributed by atoms with Crippen LogP contribution in [0.2, 0.25) is 0 Å². The van der Waals surface area contributed by atoms with E-state index in [0.29, 0.717) is 6.54 Å². The Morgan fingerprint density at radius 2 is 1.73 bits per heavy atom. The summed E-state index contributed by atoms with van der Waals surface area (Å²) in [4.78, 5) is 2.29. The highest BCUT2D eigenvalue weighted by Crippen LogP contribution is 1.79. The first-order valence-electron chi connectivity index (χ1n) is 5.72. The van der Waals surface area contributed by atoms with Gasteiger partial charge in [-0.25, -0.2) is 0 Å². The maximum absolute atomic E-state index is 5.62. The molecule has 0 fully saturated rings. The Morgan fingerprint density at radius 3 is 2.27 bits per heavy atom. The predicted molar refractivity (Wildman–Crippen MR) is 65.9 cm³/mol. The smallest absolute Gasteiger partial charge is 0.0136 e. The fraction of sp³-hybridized carbons (Fsp3) is 1.00. The third kappa shape index (κ3) is 11.7. The Labute approximate surface area is 93.6 Å². The first-order valence-corrected chi connectivity index (χ1v) is 5.72. The maximum atomic E-state index is 5.62. The predicted octanol–water partition coefficient (Wildman–Crippen LogP) is -1.60. The van der Waals surface area contributed by atoms with Gasteiger partial charge in [-0.15, -0.1) is 0 Å². The molecule has 0 aromatic rings. The van der Waals surface area contributed by atoms with Gasteiger partial charge in [0.25, 0.3) is 0 Å². The van der Waals surface area contributed by atoms with Crippen LogP contribution in [0, 0.1) is 0 Å². The third-order valence-corrected chi connectivity index (χ3v) is 2.13. The minimum absolute atomic E-state index is 0.238. The Kier molecular flexibility index (Phi) is 10.2. The highest BCUT2D eigenvalue weighted by molar-refractivity contribution is 4.60. The summed E-state index contributed by atoms with van der Waals surface area (Å²) in [6.45, 7) is 8.61. The van der Waals surface area contributed by atoms with Gasteiger partial charge < -0.3 is 27.0 Å². The van der Waals surface area contributed by atoms with Crippen molar-refractivity contribution in [1.29, 1.82) is 0 Å². The van der Waals surface area contributed by atoms with Crippen molar-refractivity contribution in [3.8, 4) is 0 Å². The lowest BCUT2D eigenvalue weighted by Gasteiger charge is -2.17. The normalized spacial score (nSPS) is 13.4. The lowest BCUT2D eigenvalue weighted by Crippen LogP contribution is -2.38. The minimum atomic E-state index is 0.238. The van der Waals surface area contributed by atoms with Crippen molar-refractivity contribution < 1.29 is 0 Å². The van der Waals surface area contributed by atoms with Crippen LogP contribution in [0.5, 0.6) is 0 Å². The molecule has 0 aliphatic heterocycles. The van der Waals surface area contributed by atoms with Crippen LogP contribution in [0.4, 0.5) is 0 Å². The van der Waals surface area contributed by atoms with Gasteiger partial charge >= 0.3 is 0 Å². The second kappa shape index (κ2) is 10.3. The van der Waals surface area contributed by atoms with E-state index in [1.54, 1.807) is 0 Å². The Bertz CT molecular complexity index is 129. The van der Waals surface area contributed by atoms with Crippen LogP contribution in [-0.2, 0) is 0 Å². The summed E-state index contributed by atoms with van der Waals surface area (Å²) in [5.41, 5.74) is 11.0. The van der Waals surface area contributed by atoms with Gasteiger partial charge in [0.05, 0.1) is 0 Å². The highest BCUT2D eigenvalue weighted by Gasteiger charge is 1.97. The molecule has 0 aromatic heterocycles. The Balaban J connectivity index is 3.15. The summed E-state index contributed by atoms with van der Waals surface area (Å²) in [5, 5.41) is 6.58. The van der Waals surface area contributed by atoms with Crippen LogP contribution in [0.15, 0.2) is 0 Å². The number of hydrogen-bond acceptors (Lipinski definition) is 5. The molecular weight excluding hydrogens is 190 g/mol. The van der Waals surface area contributed by atoms with Crippen molar-refractivity contribution in [2.45, 2.75) is 13.0 Å². The molecule has 0 heterocycles. The largest absolute Gasteiger partial charge is 0.329 e. The average molecular weight is 217 g/mol. The van der Waals surface area contributed by atoms with Gasteiger partial charge in [0.2, 0.25) is 0 Å². The van der Waals surface area contributed by atoms with Crippen LogP contribution >= 0.6 is 0 Å². The second-order valence-electron chi connectivity index (χ2n) is 4.02. The van der Waals surface area contributed by atoms with E-state index in [9.17, 15) is 0 Å². The Hall–Kier alpha value is -0.200. The zero-order valence-corrected chi connectivity index (χ0v) is 10.1. The molecule has 0 rings (SSSR count). The summed E-state index contributed by atoms with van der Waals surface area (Å²) in [6, 6.07) is 0.238. The molecule has 5 nitrogen and oxygen atoms in total. The molecule has 0 aliphatic rings. The van der Waals surface area contributed by atoms with E-state index < -0.39 is 0 Å². The highest BCUT2D eigenvalue weighted by atomic mass is 15.1. The molecule has 15 heavy (non-hydrogen) atoms. The fourth-order valence-electron chi connectivity index (χ4n) is 1.21. The van der Waals surface area contributed by atoms with Crippen LogP contribution < -0.4 is 22.1 Å². The third-order valence-electron chi connectivity index (χ3n) is 2.13. The average Bonchev–Trinajstić information content (AvgIpc) is 2.19. The molecule has 0 aromatic carbocycles. The molecule has 0 aliphatic carbocycles. The number of likely N-dealkylation sites (N-methyl/N-ethyl adjacent to an activating group) is 1. The van der Waals surface area contributed by atoms with Gasteiger partial charge in [-0.1, -0.05) is 0 Å². The zero-order valence-electron chi connectivity index (χ0n) is 10.1. The van der Waals surface area contributed by atoms with E-state index in [0.717, 1.165) is 39.3 Å². The van der Waals surface area contributed by atoms with Gasteiger partial charge in [-0.05, 0) is 14.0 Å². The van der Waals surface area contributed by atoms with Crippen LogP contribution in [-0.4, -0.2) is 63.8 Å². The molecule has 0 radical (unpaired) electrons. The molecule has 0 saturated carbocycles. The topological polar surface area (TPSA) is 79.3 Å². The molecule has 5 heteroatoms. The number of nitrogens with zero attached hydrogens (tertiary/aromatic N) is 1. The summed E-state index contributed by atoms with van der Waals surface area (Å²) in [7, 11) is 2.12. The van der Waals surface area contributed by atoms with Crippen LogP contribution in [0.3, 0.4) is 0 Å². The van der Waals surface area contributed by atoms with Crippen molar-refractivity contribution in [3.05, 3.63) is 0 Å². The molecule has 0 bridgehead atoms. The standard InChI is InChI=1S/C10H27N5/c1-10(12)9-14-6-8-15(2)7-5-13-4-3-11/h10,13-14H,3-9,11-12H2,1-2H3. The van der Waals surface area contributed by atoms with E-state index >= 15 is 0 Å². The number of hydrogen-bond donors (Lipinski definition) is 4. The zero-order chi connectivity index (χ0) is 11.5.